The fraction of sp³-hybridized carbons (Fsp3) is 0.800. The van der Waals surface area contributed by atoms with E-state index in [-0.39, 0.29) is 12.8 Å². The molecule has 0 radical (unpaired) electrons. The molecule has 0 saturated carbocycles. The summed E-state index contributed by atoms with van der Waals surface area (Å²) in [4.78, 5) is 21.5. The first-order chi connectivity index (χ1) is 7.04. The van der Waals surface area contributed by atoms with Gasteiger partial charge in [0.25, 0.3) is 0 Å². The second-order valence-corrected chi connectivity index (χ2v) is 4.46. The van der Waals surface area contributed by atoms with Crippen LogP contribution in [-0.2, 0) is 9.59 Å². The maximum absolute atomic E-state index is 10.9. The van der Waals surface area contributed by atoms with Crippen LogP contribution < -0.4 is 0 Å². The van der Waals surface area contributed by atoms with E-state index in [0.29, 0.717) is 0 Å². The molecule has 0 spiro atoms. The molecule has 0 aliphatic heterocycles. The Bertz CT molecular complexity index is 283. The third-order valence-corrected chi connectivity index (χ3v) is 2.78. The standard InChI is InChI=1S/C10H18O6/c1-6(2)10(16,8(13)14)5-4-9(3,15)7(11)12/h6,15-16H,4-5H2,1-3H3,(H,11,12)(H,13,14). The molecule has 0 saturated heterocycles. The van der Waals surface area contributed by atoms with Gasteiger partial charge in [0, 0.05) is 0 Å². The Morgan fingerprint density at radius 1 is 1.06 bits per heavy atom. The molecule has 0 heterocycles. The third kappa shape index (κ3) is 3.18. The van der Waals surface area contributed by atoms with Crippen molar-refractivity contribution < 1.29 is 30.0 Å². The molecule has 94 valence electrons. The summed E-state index contributed by atoms with van der Waals surface area (Å²) in [6, 6.07) is 0. The van der Waals surface area contributed by atoms with Gasteiger partial charge in [-0.3, -0.25) is 0 Å². The number of aliphatic carboxylic acids is 2. The molecule has 2 unspecified atom stereocenters. The van der Waals surface area contributed by atoms with Crippen LogP contribution in [0.15, 0.2) is 0 Å². The summed E-state index contributed by atoms with van der Waals surface area (Å²) in [6.45, 7) is 4.10. The minimum absolute atomic E-state index is 0.320. The molecule has 0 aromatic rings. The van der Waals surface area contributed by atoms with E-state index in [9.17, 15) is 19.8 Å². The molecule has 6 nitrogen and oxygen atoms in total. The lowest BCUT2D eigenvalue weighted by molar-refractivity contribution is -0.170. The van der Waals surface area contributed by atoms with Gasteiger partial charge in [0.05, 0.1) is 0 Å². The lowest BCUT2D eigenvalue weighted by Crippen LogP contribution is -2.46. The van der Waals surface area contributed by atoms with E-state index in [4.69, 9.17) is 10.2 Å². The summed E-state index contributed by atoms with van der Waals surface area (Å²) in [5.41, 5.74) is -4.04. The van der Waals surface area contributed by atoms with Crippen molar-refractivity contribution in [2.45, 2.75) is 44.8 Å². The summed E-state index contributed by atoms with van der Waals surface area (Å²) >= 11 is 0. The predicted molar refractivity (Wildman–Crippen MR) is 54.9 cm³/mol. The summed E-state index contributed by atoms with van der Waals surface area (Å²) in [7, 11) is 0. The molecule has 0 fully saturated rings. The van der Waals surface area contributed by atoms with Crippen molar-refractivity contribution in [2.75, 3.05) is 0 Å². The zero-order valence-corrected chi connectivity index (χ0v) is 9.60. The highest BCUT2D eigenvalue weighted by Crippen LogP contribution is 2.26. The van der Waals surface area contributed by atoms with Gasteiger partial charge in [-0.15, -0.1) is 0 Å². The largest absolute Gasteiger partial charge is 0.479 e. The number of hydrogen-bond acceptors (Lipinski definition) is 4. The number of rotatable bonds is 6. The molecule has 2 atom stereocenters. The average molecular weight is 234 g/mol. The van der Waals surface area contributed by atoms with Crippen molar-refractivity contribution in [1.29, 1.82) is 0 Å². The van der Waals surface area contributed by atoms with Gasteiger partial charge in [-0.1, -0.05) is 13.8 Å². The molecule has 4 N–H and O–H groups in total. The first-order valence-corrected chi connectivity index (χ1v) is 4.95. The summed E-state index contributed by atoms with van der Waals surface area (Å²) < 4.78 is 0. The normalized spacial score (nSPS) is 18.9. The second kappa shape index (κ2) is 4.80. The van der Waals surface area contributed by atoms with Gasteiger partial charge in [0.15, 0.2) is 11.2 Å². The van der Waals surface area contributed by atoms with Crippen molar-refractivity contribution in [3.8, 4) is 0 Å². The van der Waals surface area contributed by atoms with Crippen LogP contribution in [0, 0.1) is 5.92 Å². The quantitative estimate of drug-likeness (QED) is 0.517. The summed E-state index contributed by atoms with van der Waals surface area (Å²) in [5, 5.41) is 36.7. The Balaban J connectivity index is 4.70. The second-order valence-electron chi connectivity index (χ2n) is 4.46. The molecular weight excluding hydrogens is 216 g/mol. The van der Waals surface area contributed by atoms with Gasteiger partial charge in [-0.2, -0.15) is 0 Å². The van der Waals surface area contributed by atoms with E-state index in [1.54, 1.807) is 0 Å². The van der Waals surface area contributed by atoms with Crippen molar-refractivity contribution in [3.63, 3.8) is 0 Å². The van der Waals surface area contributed by atoms with Crippen LogP contribution in [0.3, 0.4) is 0 Å². The van der Waals surface area contributed by atoms with Gasteiger partial charge in [0.1, 0.15) is 0 Å². The Labute approximate surface area is 93.5 Å². The molecule has 0 amide bonds. The number of carboxylic acids is 2. The van der Waals surface area contributed by atoms with E-state index in [0.717, 1.165) is 6.92 Å². The van der Waals surface area contributed by atoms with Crippen LogP contribution in [0.25, 0.3) is 0 Å². The Kier molecular flexibility index (Phi) is 4.45. The number of hydrogen-bond donors (Lipinski definition) is 4. The fourth-order valence-corrected chi connectivity index (χ4v) is 1.18. The number of aliphatic hydroxyl groups is 2. The van der Waals surface area contributed by atoms with Crippen LogP contribution in [0.4, 0.5) is 0 Å². The Morgan fingerprint density at radius 3 is 1.75 bits per heavy atom. The SMILES string of the molecule is CC(C)C(O)(CCC(C)(O)C(=O)O)C(=O)O. The van der Waals surface area contributed by atoms with Crippen molar-refractivity contribution in [3.05, 3.63) is 0 Å². The molecule has 0 rings (SSSR count). The monoisotopic (exact) mass is 234 g/mol. The van der Waals surface area contributed by atoms with Crippen molar-refractivity contribution >= 4 is 11.9 Å². The molecule has 0 aromatic carbocycles. The molecule has 0 aliphatic rings. The maximum Gasteiger partial charge on any atom is 0.335 e. The minimum Gasteiger partial charge on any atom is -0.479 e. The molecular formula is C10H18O6. The highest BCUT2D eigenvalue weighted by Gasteiger charge is 2.42. The molecule has 0 aromatic heterocycles. The van der Waals surface area contributed by atoms with Crippen LogP contribution in [0.5, 0.6) is 0 Å². The molecule has 0 aliphatic carbocycles. The number of carbonyl (C=O) groups is 2. The fourth-order valence-electron chi connectivity index (χ4n) is 1.18. The lowest BCUT2D eigenvalue weighted by Gasteiger charge is -2.30. The van der Waals surface area contributed by atoms with Crippen molar-refractivity contribution in [1.82, 2.24) is 0 Å². The van der Waals surface area contributed by atoms with Crippen LogP contribution in [0.2, 0.25) is 0 Å². The third-order valence-electron chi connectivity index (χ3n) is 2.78. The van der Waals surface area contributed by atoms with Crippen LogP contribution in [0.1, 0.15) is 33.6 Å². The van der Waals surface area contributed by atoms with E-state index >= 15 is 0 Å². The zero-order chi connectivity index (χ0) is 13.1. The Morgan fingerprint density at radius 2 is 1.50 bits per heavy atom. The van der Waals surface area contributed by atoms with E-state index in [1.165, 1.54) is 13.8 Å². The topological polar surface area (TPSA) is 115 Å². The van der Waals surface area contributed by atoms with Crippen molar-refractivity contribution in [2.24, 2.45) is 5.92 Å². The van der Waals surface area contributed by atoms with Crippen LogP contribution >= 0.6 is 0 Å². The van der Waals surface area contributed by atoms with Gasteiger partial charge in [-0.05, 0) is 25.7 Å². The Hall–Kier alpha value is -1.14. The molecule has 6 heteroatoms. The van der Waals surface area contributed by atoms with E-state index < -0.39 is 29.1 Å². The first-order valence-electron chi connectivity index (χ1n) is 4.95. The smallest absolute Gasteiger partial charge is 0.335 e. The van der Waals surface area contributed by atoms with Gasteiger partial charge in [0.2, 0.25) is 0 Å². The first kappa shape index (κ1) is 14.9. The highest BCUT2D eigenvalue weighted by atomic mass is 16.4. The summed E-state index contributed by atoms with van der Waals surface area (Å²) in [5.74, 6) is -3.43. The van der Waals surface area contributed by atoms with Gasteiger partial charge >= 0.3 is 11.9 Å². The van der Waals surface area contributed by atoms with Gasteiger partial charge < -0.3 is 20.4 Å². The average Bonchev–Trinajstić information content (AvgIpc) is 2.13. The molecule has 16 heavy (non-hydrogen) atoms. The highest BCUT2D eigenvalue weighted by molar-refractivity contribution is 5.78. The lowest BCUT2D eigenvalue weighted by atomic mass is 9.83. The molecule has 0 bridgehead atoms. The van der Waals surface area contributed by atoms with Crippen LogP contribution in [-0.4, -0.2) is 43.6 Å². The number of carboxylic acid groups (broad SMARTS) is 2. The van der Waals surface area contributed by atoms with E-state index in [1.807, 2.05) is 0 Å². The maximum atomic E-state index is 10.9. The zero-order valence-electron chi connectivity index (χ0n) is 9.60. The summed E-state index contributed by atoms with van der Waals surface area (Å²) in [6.07, 6.45) is -0.650. The minimum atomic E-state index is -2.03. The van der Waals surface area contributed by atoms with Gasteiger partial charge in [-0.25, -0.2) is 9.59 Å². The van der Waals surface area contributed by atoms with E-state index in [2.05, 4.69) is 0 Å². The predicted octanol–water partition coefficient (Wildman–Crippen LogP) is 0.0739.